The van der Waals surface area contributed by atoms with Gasteiger partial charge < -0.3 is 10.6 Å². The average molecular weight is 322 g/mol. The predicted molar refractivity (Wildman–Crippen MR) is 90.7 cm³/mol. The second-order valence-electron chi connectivity index (χ2n) is 5.09. The number of rotatable bonds is 4. The predicted octanol–water partition coefficient (Wildman–Crippen LogP) is 3.46. The molecule has 7 heteroatoms. The summed E-state index contributed by atoms with van der Waals surface area (Å²) in [5.74, 6) is 0. The summed E-state index contributed by atoms with van der Waals surface area (Å²) in [4.78, 5) is 26.4. The van der Waals surface area contributed by atoms with Crippen molar-refractivity contribution >= 4 is 28.2 Å². The minimum absolute atomic E-state index is 0.0269. The van der Waals surface area contributed by atoms with Gasteiger partial charge in [0.25, 0.3) is 5.69 Å². The van der Waals surface area contributed by atoms with Gasteiger partial charge in [0, 0.05) is 29.4 Å². The van der Waals surface area contributed by atoms with E-state index in [1.54, 1.807) is 6.20 Å². The maximum absolute atomic E-state index is 12.0. The van der Waals surface area contributed by atoms with Gasteiger partial charge in [0.15, 0.2) is 0 Å². The van der Waals surface area contributed by atoms with E-state index in [0.29, 0.717) is 5.69 Å². The van der Waals surface area contributed by atoms with E-state index in [4.69, 9.17) is 0 Å². The van der Waals surface area contributed by atoms with Crippen LogP contribution in [0, 0.1) is 10.1 Å². The molecular formula is C17H14N4O3. The molecule has 120 valence electrons. The summed E-state index contributed by atoms with van der Waals surface area (Å²) in [5.41, 5.74) is 1.22. The Hall–Kier alpha value is -3.48. The molecule has 2 aromatic carbocycles. The fourth-order valence-corrected chi connectivity index (χ4v) is 2.33. The molecule has 0 aliphatic heterocycles. The molecule has 3 aromatic rings. The summed E-state index contributed by atoms with van der Waals surface area (Å²) in [6, 6.07) is 14.9. The third-order valence-corrected chi connectivity index (χ3v) is 3.51. The van der Waals surface area contributed by atoms with Gasteiger partial charge in [-0.2, -0.15) is 0 Å². The number of urea groups is 1. The number of amides is 2. The van der Waals surface area contributed by atoms with Crippen molar-refractivity contribution in [3.05, 3.63) is 76.6 Å². The number of aromatic nitrogens is 1. The monoisotopic (exact) mass is 322 g/mol. The van der Waals surface area contributed by atoms with E-state index >= 15 is 0 Å². The SMILES string of the molecule is O=C(NCc1nccc2ccccc12)Nc1ccc([N+](=O)[O-])cc1. The number of carbonyl (C=O) groups excluding carboxylic acids is 1. The highest BCUT2D eigenvalue weighted by atomic mass is 16.6. The van der Waals surface area contributed by atoms with Gasteiger partial charge in [-0.05, 0) is 23.6 Å². The molecule has 0 aliphatic carbocycles. The first kappa shape index (κ1) is 15.4. The molecule has 0 bridgehead atoms. The van der Waals surface area contributed by atoms with Gasteiger partial charge in [-0.3, -0.25) is 15.1 Å². The number of benzene rings is 2. The first-order valence-corrected chi connectivity index (χ1v) is 7.25. The van der Waals surface area contributed by atoms with Crippen molar-refractivity contribution in [2.24, 2.45) is 0 Å². The molecule has 7 nitrogen and oxygen atoms in total. The van der Waals surface area contributed by atoms with Crippen LogP contribution in [0.3, 0.4) is 0 Å². The summed E-state index contributed by atoms with van der Waals surface area (Å²) in [7, 11) is 0. The van der Waals surface area contributed by atoms with E-state index in [0.717, 1.165) is 16.5 Å². The van der Waals surface area contributed by atoms with Crippen LogP contribution in [0.1, 0.15) is 5.69 Å². The van der Waals surface area contributed by atoms with E-state index in [9.17, 15) is 14.9 Å². The third-order valence-electron chi connectivity index (χ3n) is 3.51. The van der Waals surface area contributed by atoms with Crippen molar-refractivity contribution in [1.29, 1.82) is 0 Å². The zero-order valence-electron chi connectivity index (χ0n) is 12.6. The van der Waals surface area contributed by atoms with Crippen LogP contribution in [-0.4, -0.2) is 15.9 Å². The number of hydrogen-bond donors (Lipinski definition) is 2. The molecule has 3 rings (SSSR count). The summed E-state index contributed by atoms with van der Waals surface area (Å²) in [6.07, 6.45) is 1.70. The number of hydrogen-bond acceptors (Lipinski definition) is 4. The van der Waals surface area contributed by atoms with Gasteiger partial charge in [0.2, 0.25) is 0 Å². The van der Waals surface area contributed by atoms with Crippen molar-refractivity contribution in [2.45, 2.75) is 6.54 Å². The van der Waals surface area contributed by atoms with Crippen LogP contribution in [0.4, 0.5) is 16.2 Å². The maximum atomic E-state index is 12.0. The molecule has 0 radical (unpaired) electrons. The van der Waals surface area contributed by atoms with Crippen LogP contribution in [0.2, 0.25) is 0 Å². The standard InChI is InChI=1S/C17H14N4O3/c22-17(20-13-5-7-14(8-6-13)21(23)24)19-11-16-15-4-2-1-3-12(15)9-10-18-16/h1-10H,11H2,(H2,19,20,22). The number of pyridine rings is 1. The van der Waals surface area contributed by atoms with Crippen LogP contribution < -0.4 is 10.6 Å². The number of fused-ring (bicyclic) bond motifs is 1. The first-order valence-electron chi connectivity index (χ1n) is 7.25. The Morgan fingerprint density at radius 2 is 1.83 bits per heavy atom. The molecule has 0 atom stereocenters. The lowest BCUT2D eigenvalue weighted by molar-refractivity contribution is -0.384. The summed E-state index contributed by atoms with van der Waals surface area (Å²) >= 11 is 0. The highest BCUT2D eigenvalue weighted by Crippen LogP contribution is 2.17. The van der Waals surface area contributed by atoms with Gasteiger partial charge in [-0.1, -0.05) is 24.3 Å². The normalized spacial score (nSPS) is 10.3. The molecule has 0 aliphatic rings. The van der Waals surface area contributed by atoms with Gasteiger partial charge in [-0.15, -0.1) is 0 Å². The van der Waals surface area contributed by atoms with Gasteiger partial charge in [0.1, 0.15) is 0 Å². The Labute approximate surface area is 137 Å². The molecular weight excluding hydrogens is 308 g/mol. The summed E-state index contributed by atoms with van der Waals surface area (Å²) in [6.45, 7) is 0.278. The third kappa shape index (κ3) is 3.46. The largest absolute Gasteiger partial charge is 0.332 e. The van der Waals surface area contributed by atoms with Crippen LogP contribution in [-0.2, 0) is 6.54 Å². The smallest absolute Gasteiger partial charge is 0.319 e. The molecule has 0 spiro atoms. The lowest BCUT2D eigenvalue weighted by Crippen LogP contribution is -2.28. The Kier molecular flexibility index (Phi) is 4.33. The molecule has 24 heavy (non-hydrogen) atoms. The highest BCUT2D eigenvalue weighted by molar-refractivity contribution is 5.90. The fraction of sp³-hybridized carbons (Fsp3) is 0.0588. The van der Waals surface area contributed by atoms with Gasteiger partial charge in [-0.25, -0.2) is 4.79 Å². The first-order chi connectivity index (χ1) is 11.6. The number of nitrogens with one attached hydrogen (secondary N) is 2. The zero-order chi connectivity index (χ0) is 16.9. The number of nitrogens with zero attached hydrogens (tertiary/aromatic N) is 2. The van der Waals surface area contributed by atoms with Crippen molar-refractivity contribution < 1.29 is 9.72 Å². The van der Waals surface area contributed by atoms with Crippen LogP contribution in [0.5, 0.6) is 0 Å². The molecule has 2 N–H and O–H groups in total. The summed E-state index contributed by atoms with van der Waals surface area (Å²) in [5, 5.41) is 18.0. The second-order valence-corrected chi connectivity index (χ2v) is 5.09. The minimum Gasteiger partial charge on any atom is -0.332 e. The van der Waals surface area contributed by atoms with Gasteiger partial charge >= 0.3 is 6.03 Å². The number of carbonyl (C=O) groups is 1. The quantitative estimate of drug-likeness (QED) is 0.567. The van der Waals surface area contributed by atoms with Crippen LogP contribution in [0.15, 0.2) is 60.8 Å². The number of nitro benzene ring substituents is 1. The van der Waals surface area contributed by atoms with Crippen LogP contribution >= 0.6 is 0 Å². The maximum Gasteiger partial charge on any atom is 0.319 e. The van der Waals surface area contributed by atoms with E-state index < -0.39 is 11.0 Å². The molecule has 2 amide bonds. The molecule has 1 heterocycles. The topological polar surface area (TPSA) is 97.2 Å². The zero-order valence-corrected chi connectivity index (χ0v) is 12.6. The molecule has 0 saturated carbocycles. The second kappa shape index (κ2) is 6.74. The molecule has 0 saturated heterocycles. The van der Waals surface area contributed by atoms with Crippen molar-refractivity contribution in [1.82, 2.24) is 10.3 Å². The summed E-state index contributed by atoms with van der Waals surface area (Å²) < 4.78 is 0. The fourth-order valence-electron chi connectivity index (χ4n) is 2.33. The van der Waals surface area contributed by atoms with Crippen molar-refractivity contribution in [2.75, 3.05) is 5.32 Å². The van der Waals surface area contributed by atoms with Crippen molar-refractivity contribution in [3.63, 3.8) is 0 Å². The van der Waals surface area contributed by atoms with E-state index in [1.165, 1.54) is 24.3 Å². The highest BCUT2D eigenvalue weighted by Gasteiger charge is 2.07. The lowest BCUT2D eigenvalue weighted by Gasteiger charge is -2.09. The Balaban J connectivity index is 1.64. The number of anilines is 1. The van der Waals surface area contributed by atoms with E-state index in [2.05, 4.69) is 15.6 Å². The van der Waals surface area contributed by atoms with Crippen LogP contribution in [0.25, 0.3) is 10.8 Å². The molecule has 0 unspecified atom stereocenters. The molecule has 1 aromatic heterocycles. The Bertz CT molecular complexity index is 888. The van der Waals surface area contributed by atoms with Crippen molar-refractivity contribution in [3.8, 4) is 0 Å². The van der Waals surface area contributed by atoms with E-state index in [1.807, 2.05) is 30.3 Å². The lowest BCUT2D eigenvalue weighted by atomic mass is 10.1. The van der Waals surface area contributed by atoms with E-state index in [-0.39, 0.29) is 12.2 Å². The van der Waals surface area contributed by atoms with Gasteiger partial charge in [0.05, 0.1) is 17.2 Å². The average Bonchev–Trinajstić information content (AvgIpc) is 2.60. The molecule has 0 fully saturated rings. The minimum atomic E-state index is -0.490. The number of nitro groups is 1. The number of non-ortho nitro benzene ring substituents is 1. The Morgan fingerprint density at radius 1 is 1.08 bits per heavy atom. The Morgan fingerprint density at radius 3 is 2.58 bits per heavy atom.